The van der Waals surface area contributed by atoms with Gasteiger partial charge in [-0.2, -0.15) is 11.8 Å². The van der Waals surface area contributed by atoms with Crippen LogP contribution in [0.5, 0.6) is 0 Å². The third kappa shape index (κ3) is 3.08. The molecule has 0 atom stereocenters. The summed E-state index contributed by atoms with van der Waals surface area (Å²) in [5.74, 6) is 1.06. The third-order valence-electron chi connectivity index (χ3n) is 1.48. The highest BCUT2D eigenvalue weighted by Crippen LogP contribution is 2.17. The number of nitrogens with two attached hydrogens (primary N) is 2. The maximum atomic E-state index is 5.51. The topological polar surface area (TPSA) is 52.0 Å². The Balaban J connectivity index is 3.62. The number of hydrogen-bond acceptors (Lipinski definition) is 3. The van der Waals surface area contributed by atoms with Crippen LogP contribution in [-0.4, -0.2) is 25.1 Å². The minimum Gasteiger partial charge on any atom is -0.330 e. The minimum absolute atomic E-state index is 0.152. The standard InChI is InChI=1S/C6H16N2S/c1-6(3-7,4-8)5-9-2/h3-5,7-8H2,1-2H3. The van der Waals surface area contributed by atoms with Crippen molar-refractivity contribution in [2.75, 3.05) is 25.1 Å². The lowest BCUT2D eigenvalue weighted by Crippen LogP contribution is -2.37. The first-order chi connectivity index (χ1) is 4.18. The molecule has 0 fully saturated rings. The van der Waals surface area contributed by atoms with Crippen molar-refractivity contribution in [2.24, 2.45) is 16.9 Å². The Hall–Kier alpha value is 0.270. The van der Waals surface area contributed by atoms with Crippen LogP contribution >= 0.6 is 11.8 Å². The molecule has 0 amide bonds. The van der Waals surface area contributed by atoms with Gasteiger partial charge in [-0.05, 0) is 19.3 Å². The van der Waals surface area contributed by atoms with E-state index < -0.39 is 0 Å². The summed E-state index contributed by atoms with van der Waals surface area (Å²) >= 11 is 1.80. The van der Waals surface area contributed by atoms with E-state index in [9.17, 15) is 0 Å². The fourth-order valence-corrected chi connectivity index (χ4v) is 1.48. The molecule has 0 aliphatic heterocycles. The van der Waals surface area contributed by atoms with Crippen LogP contribution in [0, 0.1) is 5.41 Å². The van der Waals surface area contributed by atoms with Crippen molar-refractivity contribution >= 4 is 11.8 Å². The largest absolute Gasteiger partial charge is 0.330 e. The van der Waals surface area contributed by atoms with Crippen molar-refractivity contribution in [3.63, 3.8) is 0 Å². The summed E-state index contributed by atoms with van der Waals surface area (Å²) in [4.78, 5) is 0. The number of thioether (sulfide) groups is 1. The molecule has 0 spiro atoms. The van der Waals surface area contributed by atoms with Crippen molar-refractivity contribution in [3.8, 4) is 0 Å². The molecule has 0 bridgehead atoms. The average molecular weight is 148 g/mol. The zero-order chi connectivity index (χ0) is 7.33. The molecule has 0 saturated heterocycles. The molecule has 4 N–H and O–H groups in total. The van der Waals surface area contributed by atoms with Crippen LogP contribution in [0.15, 0.2) is 0 Å². The van der Waals surface area contributed by atoms with Gasteiger partial charge in [0.2, 0.25) is 0 Å². The van der Waals surface area contributed by atoms with E-state index in [1.165, 1.54) is 0 Å². The molecular weight excluding hydrogens is 132 g/mol. The Kier molecular flexibility index (Phi) is 4.27. The molecule has 0 heterocycles. The van der Waals surface area contributed by atoms with Gasteiger partial charge in [0, 0.05) is 11.2 Å². The smallest absolute Gasteiger partial charge is 0.00102 e. The van der Waals surface area contributed by atoms with Gasteiger partial charge in [-0.25, -0.2) is 0 Å². The summed E-state index contributed by atoms with van der Waals surface area (Å²) in [7, 11) is 0. The van der Waals surface area contributed by atoms with Gasteiger partial charge in [0.15, 0.2) is 0 Å². The minimum atomic E-state index is 0.152. The van der Waals surface area contributed by atoms with E-state index in [0.717, 1.165) is 5.75 Å². The maximum Gasteiger partial charge on any atom is 0.00102 e. The molecule has 9 heavy (non-hydrogen) atoms. The van der Waals surface area contributed by atoms with Crippen molar-refractivity contribution in [3.05, 3.63) is 0 Å². The molecule has 0 rings (SSSR count). The monoisotopic (exact) mass is 148 g/mol. The van der Waals surface area contributed by atoms with E-state index >= 15 is 0 Å². The number of rotatable bonds is 4. The fraction of sp³-hybridized carbons (Fsp3) is 1.00. The number of hydrogen-bond donors (Lipinski definition) is 2. The van der Waals surface area contributed by atoms with Crippen LogP contribution in [0.1, 0.15) is 6.92 Å². The predicted molar refractivity (Wildman–Crippen MR) is 44.6 cm³/mol. The molecule has 0 aromatic rings. The Labute approximate surface area is 61.4 Å². The average Bonchev–Trinajstić information content (AvgIpc) is 1.89. The molecule has 0 saturated carbocycles. The lowest BCUT2D eigenvalue weighted by molar-refractivity contribution is 0.402. The molecule has 3 heteroatoms. The van der Waals surface area contributed by atoms with E-state index in [1.807, 2.05) is 0 Å². The Morgan fingerprint density at radius 1 is 1.33 bits per heavy atom. The SMILES string of the molecule is CSCC(C)(CN)CN. The Morgan fingerprint density at radius 3 is 1.89 bits per heavy atom. The summed E-state index contributed by atoms with van der Waals surface area (Å²) in [6.45, 7) is 3.48. The normalized spacial score (nSPS) is 12.0. The summed E-state index contributed by atoms with van der Waals surface area (Å²) < 4.78 is 0. The summed E-state index contributed by atoms with van der Waals surface area (Å²) in [5.41, 5.74) is 11.2. The van der Waals surface area contributed by atoms with Gasteiger partial charge in [0.05, 0.1) is 0 Å². The first-order valence-electron chi connectivity index (χ1n) is 3.07. The van der Waals surface area contributed by atoms with Crippen molar-refractivity contribution in [2.45, 2.75) is 6.92 Å². The van der Waals surface area contributed by atoms with E-state index in [2.05, 4.69) is 13.2 Å². The second-order valence-electron chi connectivity index (χ2n) is 2.65. The third-order valence-corrected chi connectivity index (χ3v) is 2.46. The molecule has 0 aliphatic carbocycles. The van der Waals surface area contributed by atoms with Crippen LogP contribution in [0.3, 0.4) is 0 Å². The van der Waals surface area contributed by atoms with Crippen LogP contribution in [0.2, 0.25) is 0 Å². The summed E-state index contributed by atoms with van der Waals surface area (Å²) in [5, 5.41) is 0. The second-order valence-corrected chi connectivity index (χ2v) is 3.52. The van der Waals surface area contributed by atoms with Gasteiger partial charge in [-0.1, -0.05) is 6.92 Å². The van der Waals surface area contributed by atoms with Crippen LogP contribution < -0.4 is 11.5 Å². The molecule has 56 valence electrons. The van der Waals surface area contributed by atoms with E-state index in [0.29, 0.717) is 13.1 Å². The van der Waals surface area contributed by atoms with E-state index in [-0.39, 0.29) is 5.41 Å². The van der Waals surface area contributed by atoms with E-state index in [4.69, 9.17) is 11.5 Å². The van der Waals surface area contributed by atoms with Gasteiger partial charge in [0.1, 0.15) is 0 Å². The van der Waals surface area contributed by atoms with Gasteiger partial charge in [0.25, 0.3) is 0 Å². The van der Waals surface area contributed by atoms with Gasteiger partial charge < -0.3 is 11.5 Å². The first-order valence-corrected chi connectivity index (χ1v) is 4.47. The Morgan fingerprint density at radius 2 is 1.78 bits per heavy atom. The molecule has 0 unspecified atom stereocenters. The lowest BCUT2D eigenvalue weighted by atomic mass is 9.94. The fourth-order valence-electron chi connectivity index (χ4n) is 0.550. The van der Waals surface area contributed by atoms with Crippen LogP contribution in [-0.2, 0) is 0 Å². The van der Waals surface area contributed by atoms with Crippen LogP contribution in [0.4, 0.5) is 0 Å². The quantitative estimate of drug-likeness (QED) is 0.602. The highest BCUT2D eigenvalue weighted by atomic mass is 32.2. The second kappa shape index (κ2) is 4.14. The summed E-state index contributed by atoms with van der Waals surface area (Å²) in [6.07, 6.45) is 2.07. The van der Waals surface area contributed by atoms with Crippen molar-refractivity contribution in [1.82, 2.24) is 0 Å². The lowest BCUT2D eigenvalue weighted by Gasteiger charge is -2.24. The van der Waals surface area contributed by atoms with Crippen molar-refractivity contribution in [1.29, 1.82) is 0 Å². The van der Waals surface area contributed by atoms with Crippen molar-refractivity contribution < 1.29 is 0 Å². The molecule has 0 aromatic heterocycles. The zero-order valence-electron chi connectivity index (χ0n) is 6.18. The molecular formula is C6H16N2S. The Bertz CT molecular complexity index is 71.5. The summed E-state index contributed by atoms with van der Waals surface area (Å²) in [6, 6.07) is 0. The van der Waals surface area contributed by atoms with Gasteiger partial charge in [-0.3, -0.25) is 0 Å². The maximum absolute atomic E-state index is 5.51. The molecule has 0 aliphatic rings. The van der Waals surface area contributed by atoms with Gasteiger partial charge >= 0.3 is 0 Å². The zero-order valence-corrected chi connectivity index (χ0v) is 7.00. The highest BCUT2D eigenvalue weighted by molar-refractivity contribution is 7.98. The highest BCUT2D eigenvalue weighted by Gasteiger charge is 2.18. The van der Waals surface area contributed by atoms with E-state index in [1.54, 1.807) is 11.8 Å². The molecule has 0 radical (unpaired) electrons. The first kappa shape index (κ1) is 9.27. The predicted octanol–water partition coefficient (Wildman–Crippen LogP) is 0.273. The molecule has 0 aromatic carbocycles. The molecule has 2 nitrogen and oxygen atoms in total. The van der Waals surface area contributed by atoms with Crippen LogP contribution in [0.25, 0.3) is 0 Å². The van der Waals surface area contributed by atoms with Gasteiger partial charge in [-0.15, -0.1) is 0 Å².